The summed E-state index contributed by atoms with van der Waals surface area (Å²) >= 11 is 0. The quantitative estimate of drug-likeness (QED) is 0.778. The highest BCUT2D eigenvalue weighted by Gasteiger charge is 2.03. The molecule has 0 saturated carbocycles. The molecule has 18 heavy (non-hydrogen) atoms. The van der Waals surface area contributed by atoms with Crippen molar-refractivity contribution in [1.29, 1.82) is 0 Å². The molecule has 0 aliphatic rings. The molecule has 1 aromatic carbocycles. The van der Waals surface area contributed by atoms with Crippen LogP contribution < -0.4 is 5.32 Å². The first-order valence-electron chi connectivity index (χ1n) is 5.33. The van der Waals surface area contributed by atoms with Crippen LogP contribution >= 0.6 is 0 Å². The van der Waals surface area contributed by atoms with Gasteiger partial charge >= 0.3 is 5.97 Å². The fourth-order valence-corrected chi connectivity index (χ4v) is 1.39. The van der Waals surface area contributed by atoms with Gasteiger partial charge < -0.3 is 15.2 Å². The number of carboxylic acid groups (broad SMARTS) is 1. The van der Waals surface area contributed by atoms with Crippen molar-refractivity contribution in [3.8, 4) is 0 Å². The van der Waals surface area contributed by atoms with E-state index in [4.69, 9.17) is 9.84 Å². The lowest BCUT2D eigenvalue weighted by atomic mass is 10.1. The Morgan fingerprint density at radius 2 is 2.17 bits per heavy atom. The highest BCUT2D eigenvalue weighted by atomic mass is 16.5. The number of aryl methyl sites for hydroxylation is 1. The molecule has 0 unspecified atom stereocenters. The molecule has 2 N–H and O–H groups in total. The first-order chi connectivity index (χ1) is 8.52. The molecule has 0 saturated heterocycles. The molecule has 0 aliphatic carbocycles. The van der Waals surface area contributed by atoms with E-state index >= 15 is 0 Å². The SMILES string of the molecule is COCC(=O)Nc1ccc(C)c(/C=C/C(=O)O)c1. The van der Waals surface area contributed by atoms with Gasteiger partial charge in [-0.2, -0.15) is 0 Å². The van der Waals surface area contributed by atoms with E-state index in [0.717, 1.165) is 17.2 Å². The Morgan fingerprint density at radius 1 is 1.44 bits per heavy atom. The number of carbonyl (C=O) groups excluding carboxylic acids is 1. The van der Waals surface area contributed by atoms with E-state index in [0.29, 0.717) is 5.69 Å². The Balaban J connectivity index is 2.86. The van der Waals surface area contributed by atoms with E-state index in [2.05, 4.69) is 5.32 Å². The van der Waals surface area contributed by atoms with E-state index in [9.17, 15) is 9.59 Å². The third-order valence-corrected chi connectivity index (χ3v) is 2.24. The van der Waals surface area contributed by atoms with Crippen LogP contribution in [-0.2, 0) is 14.3 Å². The van der Waals surface area contributed by atoms with Gasteiger partial charge in [-0.3, -0.25) is 4.79 Å². The molecule has 0 atom stereocenters. The van der Waals surface area contributed by atoms with Gasteiger partial charge in [0.25, 0.3) is 0 Å². The van der Waals surface area contributed by atoms with Crippen LogP contribution in [0.15, 0.2) is 24.3 Å². The largest absolute Gasteiger partial charge is 0.478 e. The van der Waals surface area contributed by atoms with Gasteiger partial charge in [-0.15, -0.1) is 0 Å². The zero-order valence-corrected chi connectivity index (χ0v) is 10.3. The number of methoxy groups -OCH3 is 1. The molecule has 0 bridgehead atoms. The second-order valence-corrected chi connectivity index (χ2v) is 3.72. The Kier molecular flexibility index (Phi) is 5.07. The van der Waals surface area contributed by atoms with Crippen LogP contribution in [0.1, 0.15) is 11.1 Å². The molecule has 1 rings (SSSR count). The van der Waals surface area contributed by atoms with Crippen LogP contribution in [0, 0.1) is 6.92 Å². The second-order valence-electron chi connectivity index (χ2n) is 3.72. The van der Waals surface area contributed by atoms with Gasteiger partial charge in [-0.1, -0.05) is 6.07 Å². The molecule has 0 spiro atoms. The number of hydrogen-bond donors (Lipinski definition) is 2. The van der Waals surface area contributed by atoms with Crippen molar-refractivity contribution in [2.24, 2.45) is 0 Å². The summed E-state index contributed by atoms with van der Waals surface area (Å²) in [5, 5.41) is 11.2. The predicted octanol–water partition coefficient (Wildman–Crippen LogP) is 1.68. The maximum Gasteiger partial charge on any atom is 0.328 e. The maximum absolute atomic E-state index is 11.3. The van der Waals surface area contributed by atoms with Gasteiger partial charge in [-0.25, -0.2) is 4.79 Å². The minimum atomic E-state index is -1.01. The maximum atomic E-state index is 11.3. The number of aliphatic carboxylic acids is 1. The molecule has 5 nitrogen and oxygen atoms in total. The number of amides is 1. The highest BCUT2D eigenvalue weighted by molar-refractivity contribution is 5.92. The Labute approximate surface area is 105 Å². The molecular formula is C13H15NO4. The summed E-state index contributed by atoms with van der Waals surface area (Å²) in [6.45, 7) is 1.84. The van der Waals surface area contributed by atoms with E-state index in [1.807, 2.05) is 13.0 Å². The van der Waals surface area contributed by atoms with Crippen LogP contribution in [0.25, 0.3) is 6.08 Å². The van der Waals surface area contributed by atoms with Crippen molar-refractivity contribution in [2.45, 2.75) is 6.92 Å². The van der Waals surface area contributed by atoms with Crippen molar-refractivity contribution < 1.29 is 19.4 Å². The molecule has 0 radical (unpaired) electrons. The summed E-state index contributed by atoms with van der Waals surface area (Å²) < 4.78 is 4.71. The van der Waals surface area contributed by atoms with Gasteiger partial charge in [0, 0.05) is 18.9 Å². The number of carbonyl (C=O) groups is 2. The zero-order valence-electron chi connectivity index (χ0n) is 10.3. The predicted molar refractivity (Wildman–Crippen MR) is 68.4 cm³/mol. The van der Waals surface area contributed by atoms with Crippen molar-refractivity contribution in [1.82, 2.24) is 0 Å². The standard InChI is InChI=1S/C13H15NO4/c1-9-3-5-11(14-12(15)8-18-2)7-10(9)4-6-13(16)17/h3-7H,8H2,1-2H3,(H,14,15)(H,16,17)/b6-4+. The monoisotopic (exact) mass is 249 g/mol. The van der Waals surface area contributed by atoms with Crippen molar-refractivity contribution in [3.63, 3.8) is 0 Å². The topological polar surface area (TPSA) is 75.6 Å². The van der Waals surface area contributed by atoms with Gasteiger partial charge in [0.2, 0.25) is 5.91 Å². The molecule has 0 heterocycles. The fraction of sp³-hybridized carbons (Fsp3) is 0.231. The summed E-state index contributed by atoms with van der Waals surface area (Å²) in [7, 11) is 1.44. The van der Waals surface area contributed by atoms with Gasteiger partial charge in [0.05, 0.1) is 0 Å². The summed E-state index contributed by atoms with van der Waals surface area (Å²) in [5.74, 6) is -1.27. The fourth-order valence-electron chi connectivity index (χ4n) is 1.39. The van der Waals surface area contributed by atoms with Gasteiger partial charge in [0.1, 0.15) is 6.61 Å². The van der Waals surface area contributed by atoms with Crippen LogP contribution in [0.5, 0.6) is 0 Å². The smallest absolute Gasteiger partial charge is 0.328 e. The Morgan fingerprint density at radius 3 is 2.78 bits per heavy atom. The third-order valence-electron chi connectivity index (χ3n) is 2.24. The van der Waals surface area contributed by atoms with Gasteiger partial charge in [0.15, 0.2) is 0 Å². The minimum Gasteiger partial charge on any atom is -0.478 e. The van der Waals surface area contributed by atoms with E-state index in [1.165, 1.54) is 13.2 Å². The van der Waals surface area contributed by atoms with E-state index in [1.54, 1.807) is 12.1 Å². The molecule has 96 valence electrons. The van der Waals surface area contributed by atoms with Crippen LogP contribution in [0.3, 0.4) is 0 Å². The van der Waals surface area contributed by atoms with Crippen molar-refractivity contribution in [2.75, 3.05) is 19.0 Å². The minimum absolute atomic E-state index is 0.0197. The second kappa shape index (κ2) is 6.56. The lowest BCUT2D eigenvalue weighted by Crippen LogP contribution is -2.17. The zero-order chi connectivity index (χ0) is 13.5. The van der Waals surface area contributed by atoms with E-state index in [-0.39, 0.29) is 12.5 Å². The van der Waals surface area contributed by atoms with Crippen LogP contribution in [-0.4, -0.2) is 30.7 Å². The summed E-state index contributed by atoms with van der Waals surface area (Å²) in [5.41, 5.74) is 2.28. The summed E-state index contributed by atoms with van der Waals surface area (Å²) in [4.78, 5) is 21.8. The molecule has 0 aromatic heterocycles. The molecule has 0 aliphatic heterocycles. The molecule has 5 heteroatoms. The van der Waals surface area contributed by atoms with Crippen LogP contribution in [0.4, 0.5) is 5.69 Å². The lowest BCUT2D eigenvalue weighted by Gasteiger charge is -2.07. The lowest BCUT2D eigenvalue weighted by molar-refractivity contribution is -0.131. The molecular weight excluding hydrogens is 234 g/mol. The number of nitrogens with one attached hydrogen (secondary N) is 1. The summed E-state index contributed by atoms with van der Waals surface area (Å²) in [6.07, 6.45) is 2.55. The number of rotatable bonds is 5. The molecule has 0 fully saturated rings. The Hall–Kier alpha value is -2.14. The number of anilines is 1. The van der Waals surface area contributed by atoms with Crippen molar-refractivity contribution >= 4 is 23.6 Å². The van der Waals surface area contributed by atoms with Gasteiger partial charge in [-0.05, 0) is 36.3 Å². The average Bonchev–Trinajstić information content (AvgIpc) is 2.30. The third kappa shape index (κ3) is 4.39. The number of benzene rings is 1. The molecule has 1 aromatic rings. The van der Waals surface area contributed by atoms with Crippen molar-refractivity contribution in [3.05, 3.63) is 35.4 Å². The summed E-state index contributed by atoms with van der Waals surface area (Å²) in [6, 6.07) is 5.27. The first kappa shape index (κ1) is 13.9. The normalized spacial score (nSPS) is 10.6. The molecule has 1 amide bonds. The first-order valence-corrected chi connectivity index (χ1v) is 5.33. The number of ether oxygens (including phenoxy) is 1. The number of carboxylic acids is 1. The van der Waals surface area contributed by atoms with Crippen LogP contribution in [0.2, 0.25) is 0 Å². The number of hydrogen-bond acceptors (Lipinski definition) is 3. The Bertz CT molecular complexity index is 480. The highest BCUT2D eigenvalue weighted by Crippen LogP contribution is 2.16. The average molecular weight is 249 g/mol. The van der Waals surface area contributed by atoms with E-state index < -0.39 is 5.97 Å².